The Morgan fingerprint density at radius 3 is 0.903 bits per heavy atom. The van der Waals surface area contributed by atoms with Crippen molar-refractivity contribution in [1.82, 2.24) is 0 Å². The molecule has 0 N–H and O–H groups in total. The second-order valence-corrected chi connectivity index (χ2v) is 13.7. The molecule has 0 unspecified atom stereocenters. The van der Waals surface area contributed by atoms with Gasteiger partial charge in [0.1, 0.15) is 0 Å². The molecule has 0 rings (SSSR count). The molecule has 0 aromatic heterocycles. The van der Waals surface area contributed by atoms with Gasteiger partial charge in [-0.1, -0.05) is 155 Å². The van der Waals surface area contributed by atoms with Crippen LogP contribution in [-0.2, 0) is 9.09 Å². The molecule has 0 atom stereocenters. The molecule has 0 radical (unpaired) electrons. The van der Waals surface area contributed by atoms with Crippen LogP contribution in [0.25, 0.3) is 0 Å². The molecule has 188 valence electrons. The SMILES string of the molecule is CCCCCCCCCCCCCCCCCCCCCCCCCCOP(=O)(Cl)Cl. The van der Waals surface area contributed by atoms with Crippen molar-refractivity contribution in [3.63, 3.8) is 0 Å². The maximum absolute atomic E-state index is 11.0. The summed E-state index contributed by atoms with van der Waals surface area (Å²) in [6, 6.07) is 0. The molecule has 0 spiro atoms. The zero-order valence-corrected chi connectivity index (χ0v) is 23.1. The summed E-state index contributed by atoms with van der Waals surface area (Å²) in [5.74, 6) is 0. The molecule has 0 aliphatic rings. The van der Waals surface area contributed by atoms with E-state index in [1.807, 2.05) is 0 Å². The van der Waals surface area contributed by atoms with Gasteiger partial charge in [-0.25, -0.2) is 0 Å². The fraction of sp³-hybridized carbons (Fsp3) is 1.00. The minimum atomic E-state index is -3.32. The molecule has 5 heteroatoms. The first-order valence-corrected chi connectivity index (χ1v) is 17.1. The van der Waals surface area contributed by atoms with Crippen LogP contribution in [0.4, 0.5) is 0 Å². The van der Waals surface area contributed by atoms with E-state index in [0.29, 0.717) is 6.61 Å². The summed E-state index contributed by atoms with van der Waals surface area (Å²) in [6.07, 6.45) is 29.8. The number of halogens is 2. The Kier molecular flexibility index (Phi) is 26.0. The first-order valence-electron chi connectivity index (χ1n) is 13.7. The van der Waals surface area contributed by atoms with E-state index in [9.17, 15) is 4.57 Å². The van der Waals surface area contributed by atoms with Crippen molar-refractivity contribution in [2.24, 2.45) is 0 Å². The maximum atomic E-state index is 11.0. The van der Waals surface area contributed by atoms with Crippen LogP contribution in [0, 0.1) is 0 Å². The van der Waals surface area contributed by atoms with Gasteiger partial charge in [0.25, 0.3) is 0 Å². The van der Waals surface area contributed by atoms with Crippen LogP contribution in [0.15, 0.2) is 0 Å². The lowest BCUT2D eigenvalue weighted by atomic mass is 10.0. The Bertz CT molecular complexity index is 388. The third kappa shape index (κ3) is 30.8. The van der Waals surface area contributed by atoms with Gasteiger partial charge in [0.15, 0.2) is 0 Å². The van der Waals surface area contributed by atoms with Crippen LogP contribution >= 0.6 is 28.6 Å². The van der Waals surface area contributed by atoms with Crippen molar-refractivity contribution >= 4 is 28.6 Å². The maximum Gasteiger partial charge on any atom is 0.380 e. The average Bonchev–Trinajstić information content (AvgIpc) is 2.73. The van der Waals surface area contributed by atoms with Gasteiger partial charge in [-0.2, -0.15) is 0 Å². The van der Waals surface area contributed by atoms with Gasteiger partial charge < -0.3 is 4.52 Å². The lowest BCUT2D eigenvalue weighted by Gasteiger charge is -2.05. The van der Waals surface area contributed by atoms with Crippen LogP contribution in [0.3, 0.4) is 0 Å². The average molecular weight is 500 g/mol. The molecule has 0 fully saturated rings. The predicted molar refractivity (Wildman–Crippen MR) is 142 cm³/mol. The second kappa shape index (κ2) is 25.4. The van der Waals surface area contributed by atoms with Crippen LogP contribution in [0.2, 0.25) is 0 Å². The molecule has 0 aromatic carbocycles. The van der Waals surface area contributed by atoms with E-state index in [-0.39, 0.29) is 0 Å². The van der Waals surface area contributed by atoms with E-state index < -0.39 is 6.07 Å². The van der Waals surface area contributed by atoms with Gasteiger partial charge in [-0.05, 0) is 28.9 Å². The van der Waals surface area contributed by atoms with Gasteiger partial charge in [0, 0.05) is 0 Å². The highest BCUT2D eigenvalue weighted by molar-refractivity contribution is 8.05. The number of hydrogen-bond donors (Lipinski definition) is 0. The Morgan fingerprint density at radius 1 is 0.452 bits per heavy atom. The first kappa shape index (κ1) is 31.8. The van der Waals surface area contributed by atoms with E-state index in [1.54, 1.807) is 0 Å². The molecule has 0 saturated carbocycles. The summed E-state index contributed by atoms with van der Waals surface area (Å²) in [4.78, 5) is 0. The molecule has 0 aliphatic heterocycles. The summed E-state index contributed by atoms with van der Waals surface area (Å²) in [5, 5.41) is 0. The van der Waals surface area contributed by atoms with Gasteiger partial charge in [0.05, 0.1) is 6.61 Å². The standard InChI is InChI=1S/C26H53Cl2O2P/c1-2-3-4-5-6-7-8-9-10-11-12-13-14-15-16-17-18-19-20-21-22-23-24-25-26-30-31(27,28)29/h2-26H2,1H3. The molecule has 0 aliphatic carbocycles. The van der Waals surface area contributed by atoms with Gasteiger partial charge >= 0.3 is 6.07 Å². The minimum Gasteiger partial charge on any atom is -0.306 e. The van der Waals surface area contributed by atoms with Gasteiger partial charge in [-0.3, -0.25) is 4.57 Å². The summed E-state index contributed by atoms with van der Waals surface area (Å²) >= 11 is 10.7. The summed E-state index contributed by atoms with van der Waals surface area (Å²) in [7, 11) is 0. The topological polar surface area (TPSA) is 26.3 Å². The van der Waals surface area contributed by atoms with E-state index in [4.69, 9.17) is 27.0 Å². The van der Waals surface area contributed by atoms with Crippen molar-refractivity contribution < 1.29 is 9.09 Å². The van der Waals surface area contributed by atoms with Gasteiger partial charge in [-0.15, -0.1) is 0 Å². The van der Waals surface area contributed by atoms with Gasteiger partial charge in [0.2, 0.25) is 0 Å². The van der Waals surface area contributed by atoms with Crippen molar-refractivity contribution in [3.05, 3.63) is 0 Å². The van der Waals surface area contributed by atoms with E-state index in [0.717, 1.165) is 12.8 Å². The largest absolute Gasteiger partial charge is 0.380 e. The quantitative estimate of drug-likeness (QED) is 0.0874. The van der Waals surface area contributed by atoms with Crippen molar-refractivity contribution in [3.8, 4) is 0 Å². The Balaban J connectivity index is 3.03. The zero-order chi connectivity index (χ0) is 22.9. The third-order valence-corrected chi connectivity index (χ3v) is 7.31. The van der Waals surface area contributed by atoms with E-state index in [1.165, 1.54) is 141 Å². The second-order valence-electron chi connectivity index (χ2n) is 9.38. The van der Waals surface area contributed by atoms with Crippen molar-refractivity contribution in [1.29, 1.82) is 0 Å². The molecule has 0 saturated heterocycles. The molecule has 31 heavy (non-hydrogen) atoms. The predicted octanol–water partition coefficient (Wildman–Crippen LogP) is 12.0. The number of hydrogen-bond acceptors (Lipinski definition) is 2. The summed E-state index contributed by atoms with van der Waals surface area (Å²) in [6.45, 7) is 2.70. The van der Waals surface area contributed by atoms with Crippen molar-refractivity contribution in [2.75, 3.05) is 6.61 Å². The van der Waals surface area contributed by atoms with Crippen LogP contribution in [0.5, 0.6) is 0 Å². The normalized spacial score (nSPS) is 12.0. The first-order chi connectivity index (χ1) is 15.1. The van der Waals surface area contributed by atoms with Crippen LogP contribution < -0.4 is 0 Å². The zero-order valence-electron chi connectivity index (χ0n) is 20.7. The molecule has 0 aromatic rings. The van der Waals surface area contributed by atoms with Crippen LogP contribution in [-0.4, -0.2) is 6.61 Å². The number of rotatable bonds is 26. The Hall–Kier alpha value is 0.770. The molecule has 0 amide bonds. The molecular weight excluding hydrogens is 446 g/mol. The monoisotopic (exact) mass is 498 g/mol. The molecule has 2 nitrogen and oxygen atoms in total. The highest BCUT2D eigenvalue weighted by Gasteiger charge is 2.12. The summed E-state index contributed by atoms with van der Waals surface area (Å²) < 4.78 is 15.8. The number of unbranched alkanes of at least 4 members (excludes halogenated alkanes) is 23. The third-order valence-electron chi connectivity index (χ3n) is 6.24. The van der Waals surface area contributed by atoms with E-state index >= 15 is 0 Å². The smallest absolute Gasteiger partial charge is 0.306 e. The fourth-order valence-electron chi connectivity index (χ4n) is 4.24. The molecular formula is C26H53Cl2O2P. The highest BCUT2D eigenvalue weighted by atomic mass is 35.9. The minimum absolute atomic E-state index is 0.406. The molecule has 0 heterocycles. The Morgan fingerprint density at radius 2 is 0.677 bits per heavy atom. The van der Waals surface area contributed by atoms with Crippen LogP contribution in [0.1, 0.15) is 161 Å². The summed E-state index contributed by atoms with van der Waals surface area (Å²) in [5.41, 5.74) is 0. The Labute approximate surface area is 205 Å². The van der Waals surface area contributed by atoms with E-state index in [2.05, 4.69) is 6.92 Å². The fourth-order valence-corrected chi connectivity index (χ4v) is 4.99. The lowest BCUT2D eigenvalue weighted by molar-refractivity contribution is 0.320. The van der Waals surface area contributed by atoms with Crippen molar-refractivity contribution in [2.45, 2.75) is 161 Å². The lowest BCUT2D eigenvalue weighted by Crippen LogP contribution is -1.88. The molecule has 0 bridgehead atoms. The highest BCUT2D eigenvalue weighted by Crippen LogP contribution is 2.57.